The summed E-state index contributed by atoms with van der Waals surface area (Å²) in [5.74, 6) is 0.242. The van der Waals surface area contributed by atoms with Crippen LogP contribution in [0.15, 0.2) is 12.1 Å². The van der Waals surface area contributed by atoms with E-state index in [4.69, 9.17) is 5.73 Å². The number of nitro benzene ring substituents is 1. The van der Waals surface area contributed by atoms with Crippen LogP contribution in [0.2, 0.25) is 0 Å². The molecule has 0 aliphatic heterocycles. The number of nitrogens with two attached hydrogens (primary N) is 1. The van der Waals surface area contributed by atoms with Crippen LogP contribution in [-0.2, 0) is 0 Å². The van der Waals surface area contributed by atoms with Gasteiger partial charge in [0.25, 0.3) is 11.6 Å². The molecule has 6 nitrogen and oxygen atoms in total. The van der Waals surface area contributed by atoms with Crippen LogP contribution in [0.25, 0.3) is 0 Å². The van der Waals surface area contributed by atoms with Crippen molar-refractivity contribution in [2.24, 2.45) is 0 Å². The van der Waals surface area contributed by atoms with Crippen molar-refractivity contribution in [3.8, 4) is 0 Å². The molecule has 3 N–H and O–H groups in total. The summed E-state index contributed by atoms with van der Waals surface area (Å²) in [6.07, 6.45) is 0.723. The van der Waals surface area contributed by atoms with Crippen molar-refractivity contribution in [3.05, 3.63) is 33.6 Å². The SMILES string of the molecule is CCSCCC(C)NC(=O)c1c(F)ccc([N+](=O)[O-])c1N. The second kappa shape index (κ2) is 7.82. The maximum absolute atomic E-state index is 13.7. The number of anilines is 1. The lowest BCUT2D eigenvalue weighted by molar-refractivity contribution is -0.384. The quantitative estimate of drug-likeness (QED) is 0.349. The van der Waals surface area contributed by atoms with Crippen LogP contribution in [0.5, 0.6) is 0 Å². The van der Waals surface area contributed by atoms with Crippen LogP contribution >= 0.6 is 11.8 Å². The summed E-state index contributed by atoms with van der Waals surface area (Å²) in [6, 6.07) is 1.65. The molecule has 0 bridgehead atoms. The van der Waals surface area contributed by atoms with E-state index in [1.54, 1.807) is 18.7 Å². The highest BCUT2D eigenvalue weighted by Gasteiger charge is 2.24. The van der Waals surface area contributed by atoms with Crippen molar-refractivity contribution < 1.29 is 14.1 Å². The van der Waals surface area contributed by atoms with Gasteiger partial charge < -0.3 is 11.1 Å². The van der Waals surface area contributed by atoms with Crippen molar-refractivity contribution in [3.63, 3.8) is 0 Å². The summed E-state index contributed by atoms with van der Waals surface area (Å²) < 4.78 is 13.7. The maximum atomic E-state index is 13.7. The van der Waals surface area contributed by atoms with Crippen molar-refractivity contribution >= 4 is 29.0 Å². The summed E-state index contributed by atoms with van der Waals surface area (Å²) in [7, 11) is 0. The van der Waals surface area contributed by atoms with E-state index in [9.17, 15) is 19.3 Å². The van der Waals surface area contributed by atoms with E-state index >= 15 is 0 Å². The normalized spacial score (nSPS) is 12.0. The summed E-state index contributed by atoms with van der Waals surface area (Å²) >= 11 is 1.73. The Morgan fingerprint density at radius 3 is 2.81 bits per heavy atom. The van der Waals surface area contributed by atoms with Gasteiger partial charge in [0.15, 0.2) is 0 Å². The Balaban J connectivity index is 2.87. The van der Waals surface area contributed by atoms with Gasteiger partial charge >= 0.3 is 0 Å². The third-order valence-corrected chi connectivity index (χ3v) is 3.80. The number of hydrogen-bond acceptors (Lipinski definition) is 5. The molecule has 116 valence electrons. The van der Waals surface area contributed by atoms with E-state index in [1.165, 1.54) is 0 Å². The summed E-state index contributed by atoms with van der Waals surface area (Å²) in [5, 5.41) is 13.4. The zero-order valence-corrected chi connectivity index (χ0v) is 12.7. The zero-order chi connectivity index (χ0) is 16.0. The fourth-order valence-corrected chi connectivity index (χ4v) is 2.55. The number of hydrogen-bond donors (Lipinski definition) is 2. The Bertz CT molecular complexity index is 540. The lowest BCUT2D eigenvalue weighted by Gasteiger charge is -2.14. The van der Waals surface area contributed by atoms with Crippen LogP contribution in [0.4, 0.5) is 15.8 Å². The first-order valence-corrected chi connectivity index (χ1v) is 7.64. The van der Waals surface area contributed by atoms with Gasteiger partial charge in [-0.15, -0.1) is 0 Å². The van der Waals surface area contributed by atoms with E-state index in [0.29, 0.717) is 0 Å². The Morgan fingerprint density at radius 1 is 1.57 bits per heavy atom. The molecular weight excluding hydrogens is 297 g/mol. The first-order valence-electron chi connectivity index (χ1n) is 6.49. The van der Waals surface area contributed by atoms with E-state index in [0.717, 1.165) is 30.1 Å². The minimum absolute atomic E-state index is 0.172. The number of benzene rings is 1. The molecule has 1 rings (SSSR count). The van der Waals surface area contributed by atoms with Gasteiger partial charge in [-0.3, -0.25) is 14.9 Å². The molecule has 0 fully saturated rings. The number of nitrogen functional groups attached to an aromatic ring is 1. The largest absolute Gasteiger partial charge is 0.392 e. The van der Waals surface area contributed by atoms with Gasteiger partial charge in [0.1, 0.15) is 17.1 Å². The van der Waals surface area contributed by atoms with E-state index in [2.05, 4.69) is 5.32 Å². The second-order valence-corrected chi connectivity index (χ2v) is 5.87. The van der Waals surface area contributed by atoms with Crippen LogP contribution in [0, 0.1) is 15.9 Å². The van der Waals surface area contributed by atoms with Gasteiger partial charge in [-0.2, -0.15) is 11.8 Å². The zero-order valence-electron chi connectivity index (χ0n) is 11.9. The number of nitro groups is 1. The first kappa shape index (κ1) is 17.2. The molecule has 21 heavy (non-hydrogen) atoms. The fourth-order valence-electron chi connectivity index (χ4n) is 1.74. The van der Waals surface area contributed by atoms with Gasteiger partial charge in [-0.1, -0.05) is 6.92 Å². The Labute approximate surface area is 126 Å². The van der Waals surface area contributed by atoms with Gasteiger partial charge in [-0.05, 0) is 30.9 Å². The number of amides is 1. The third-order valence-electron chi connectivity index (χ3n) is 2.87. The van der Waals surface area contributed by atoms with Crippen LogP contribution < -0.4 is 11.1 Å². The number of halogens is 1. The molecule has 1 atom stereocenters. The number of rotatable bonds is 7. The summed E-state index contributed by atoms with van der Waals surface area (Å²) in [5.41, 5.74) is 4.14. The number of carbonyl (C=O) groups is 1. The van der Waals surface area contributed by atoms with Crippen LogP contribution in [-0.4, -0.2) is 28.4 Å². The Hall–Kier alpha value is -1.83. The van der Waals surface area contributed by atoms with Crippen molar-refractivity contribution in [2.45, 2.75) is 26.3 Å². The molecule has 1 aromatic carbocycles. The molecule has 0 radical (unpaired) electrons. The molecule has 1 unspecified atom stereocenters. The minimum Gasteiger partial charge on any atom is -0.392 e. The third kappa shape index (κ3) is 4.59. The average molecular weight is 315 g/mol. The van der Waals surface area contributed by atoms with Gasteiger partial charge in [-0.25, -0.2) is 4.39 Å². The average Bonchev–Trinajstić information content (AvgIpc) is 2.38. The first-order chi connectivity index (χ1) is 9.88. The van der Waals surface area contributed by atoms with E-state index < -0.39 is 33.6 Å². The summed E-state index contributed by atoms with van der Waals surface area (Å²) in [4.78, 5) is 22.1. The second-order valence-electron chi connectivity index (χ2n) is 4.47. The van der Waals surface area contributed by atoms with E-state index in [-0.39, 0.29) is 6.04 Å². The van der Waals surface area contributed by atoms with Crippen molar-refractivity contribution in [1.29, 1.82) is 0 Å². The predicted octanol–water partition coefficient (Wildman–Crippen LogP) is 2.58. The smallest absolute Gasteiger partial charge is 0.293 e. The minimum atomic E-state index is -0.870. The van der Waals surface area contributed by atoms with Crippen molar-refractivity contribution in [2.75, 3.05) is 17.2 Å². The monoisotopic (exact) mass is 315 g/mol. The number of nitrogens with zero attached hydrogens (tertiary/aromatic N) is 1. The molecule has 0 saturated carbocycles. The lowest BCUT2D eigenvalue weighted by atomic mass is 10.1. The maximum Gasteiger partial charge on any atom is 0.293 e. The molecular formula is C13H18FN3O3S. The summed E-state index contributed by atoms with van der Waals surface area (Å²) in [6.45, 7) is 3.83. The van der Waals surface area contributed by atoms with Gasteiger partial charge in [0, 0.05) is 12.1 Å². The number of carbonyl (C=O) groups excluding carboxylic acids is 1. The molecule has 0 saturated heterocycles. The topological polar surface area (TPSA) is 98.3 Å². The highest BCUT2D eigenvalue weighted by molar-refractivity contribution is 7.99. The Kier molecular flexibility index (Phi) is 6.41. The molecule has 0 spiro atoms. The van der Waals surface area contributed by atoms with Crippen molar-refractivity contribution in [1.82, 2.24) is 5.32 Å². The molecule has 1 aromatic rings. The molecule has 0 heterocycles. The molecule has 1 amide bonds. The highest BCUT2D eigenvalue weighted by atomic mass is 32.2. The molecule has 0 aliphatic rings. The molecule has 0 aromatic heterocycles. The number of nitrogens with one attached hydrogen (secondary N) is 1. The predicted molar refractivity (Wildman–Crippen MR) is 82.0 cm³/mol. The van der Waals surface area contributed by atoms with Gasteiger partial charge in [0.2, 0.25) is 0 Å². The lowest BCUT2D eigenvalue weighted by Crippen LogP contribution is -2.34. The Morgan fingerprint density at radius 2 is 2.24 bits per heavy atom. The fraction of sp³-hybridized carbons (Fsp3) is 0.462. The number of thioether (sulfide) groups is 1. The highest BCUT2D eigenvalue weighted by Crippen LogP contribution is 2.27. The van der Waals surface area contributed by atoms with Crippen LogP contribution in [0.3, 0.4) is 0 Å². The van der Waals surface area contributed by atoms with Crippen LogP contribution in [0.1, 0.15) is 30.6 Å². The van der Waals surface area contributed by atoms with E-state index in [1.807, 2.05) is 6.92 Å². The molecule has 0 aliphatic carbocycles. The standard InChI is InChI=1S/C13H18FN3O3S/c1-3-21-7-6-8(2)16-13(18)11-9(14)4-5-10(12(11)15)17(19)20/h4-5,8H,3,6-7,15H2,1-2H3,(H,16,18). The van der Waals surface area contributed by atoms with Gasteiger partial charge in [0.05, 0.1) is 4.92 Å². The molecule has 8 heteroatoms.